The van der Waals surface area contributed by atoms with Crippen molar-refractivity contribution in [2.75, 3.05) is 20.3 Å². The summed E-state index contributed by atoms with van der Waals surface area (Å²) >= 11 is 0. The average molecular weight is 583 g/mol. The number of esters is 1. The summed E-state index contributed by atoms with van der Waals surface area (Å²) in [4.78, 5) is 88.6. The Kier molecular flexibility index (Phi) is 9.35. The molecular weight excluding hydrogens is 552 g/mol. The predicted molar refractivity (Wildman–Crippen MR) is 144 cm³/mol. The Balaban J connectivity index is 1.48. The predicted octanol–water partition coefficient (Wildman–Crippen LogP) is 0.778. The SMILES string of the molecule is COC(=O)NC1CCC(=O)N2CCC[C@@H](C(=O)N[C@@H](CC(=O)O)C(=O)COC(=O)c3cccc4ccccc34)N2C1=O. The van der Waals surface area contributed by atoms with Crippen LogP contribution in [-0.4, -0.2) is 95.0 Å². The van der Waals surface area contributed by atoms with Crippen molar-refractivity contribution < 1.29 is 48.1 Å². The van der Waals surface area contributed by atoms with Crippen LogP contribution in [0.25, 0.3) is 10.8 Å². The van der Waals surface area contributed by atoms with Crippen molar-refractivity contribution in [2.24, 2.45) is 0 Å². The fraction of sp³-hybridized carbons (Fsp3) is 0.393. The molecule has 2 fully saturated rings. The van der Waals surface area contributed by atoms with Gasteiger partial charge in [-0.05, 0) is 36.1 Å². The standard InChI is InChI=1S/C28H30N4O10/c1-41-28(40)30-19-11-12-23(34)31-13-5-10-21(32(31)26(19)38)25(37)29-20(14-24(35)36)22(33)15-42-27(39)18-9-4-7-16-6-2-3-8-17(16)18/h2-4,6-9,19-21H,5,10-15H2,1H3,(H,29,37)(H,30,40)(H,35,36)/t19?,20-,21-/m0/s1. The Bertz CT molecular complexity index is 1420. The number of hydrogen-bond donors (Lipinski definition) is 3. The number of ketones is 1. The summed E-state index contributed by atoms with van der Waals surface area (Å²) in [7, 11) is 1.12. The molecule has 4 rings (SSSR count). The topological polar surface area (TPSA) is 189 Å². The molecule has 2 heterocycles. The molecule has 4 amide bonds. The largest absolute Gasteiger partial charge is 0.481 e. The van der Waals surface area contributed by atoms with Crippen molar-refractivity contribution in [2.45, 2.75) is 50.2 Å². The van der Waals surface area contributed by atoms with Crippen LogP contribution in [0.3, 0.4) is 0 Å². The van der Waals surface area contributed by atoms with E-state index >= 15 is 0 Å². The number of Topliss-reactive ketones (excluding diaryl/α,β-unsaturated/α-hetero) is 1. The Hall–Kier alpha value is -5.01. The van der Waals surface area contributed by atoms with Gasteiger partial charge in [-0.15, -0.1) is 0 Å². The molecule has 42 heavy (non-hydrogen) atoms. The summed E-state index contributed by atoms with van der Waals surface area (Å²) in [5.41, 5.74) is 0.210. The molecule has 0 radical (unpaired) electrons. The van der Waals surface area contributed by atoms with E-state index in [1.807, 2.05) is 0 Å². The molecule has 2 saturated heterocycles. The van der Waals surface area contributed by atoms with E-state index in [2.05, 4.69) is 15.4 Å². The van der Waals surface area contributed by atoms with E-state index in [1.54, 1.807) is 36.4 Å². The summed E-state index contributed by atoms with van der Waals surface area (Å²) in [5, 5.41) is 17.6. The van der Waals surface area contributed by atoms with Gasteiger partial charge in [-0.25, -0.2) is 14.6 Å². The minimum absolute atomic E-state index is 0.0176. The number of rotatable bonds is 9. The lowest BCUT2D eigenvalue weighted by molar-refractivity contribution is -0.176. The molecule has 14 heteroatoms. The molecule has 2 aliphatic heterocycles. The van der Waals surface area contributed by atoms with Crippen LogP contribution < -0.4 is 10.6 Å². The Morgan fingerprint density at radius 3 is 2.52 bits per heavy atom. The van der Waals surface area contributed by atoms with Crippen LogP contribution in [0.4, 0.5) is 4.79 Å². The third-order valence-corrected chi connectivity index (χ3v) is 7.08. The van der Waals surface area contributed by atoms with Crippen LogP contribution in [0, 0.1) is 0 Å². The van der Waals surface area contributed by atoms with Gasteiger partial charge in [0.25, 0.3) is 5.91 Å². The number of methoxy groups -OCH3 is 1. The maximum atomic E-state index is 13.4. The minimum Gasteiger partial charge on any atom is -0.481 e. The number of hydrazine groups is 1. The number of carboxylic acids is 1. The normalized spacial score (nSPS) is 19.3. The van der Waals surface area contributed by atoms with Crippen molar-refractivity contribution >= 4 is 52.3 Å². The zero-order valence-electron chi connectivity index (χ0n) is 22.7. The van der Waals surface area contributed by atoms with E-state index in [1.165, 1.54) is 6.07 Å². The molecule has 0 bridgehead atoms. The molecule has 3 atom stereocenters. The van der Waals surface area contributed by atoms with Gasteiger partial charge in [0.05, 0.1) is 19.1 Å². The molecule has 2 aromatic carbocycles. The number of nitrogens with zero attached hydrogens (tertiary/aromatic N) is 2. The first-order chi connectivity index (χ1) is 20.1. The summed E-state index contributed by atoms with van der Waals surface area (Å²) < 4.78 is 9.74. The van der Waals surface area contributed by atoms with Gasteiger partial charge < -0.3 is 25.2 Å². The summed E-state index contributed by atoms with van der Waals surface area (Å²) in [6, 6.07) is 8.05. The van der Waals surface area contributed by atoms with Gasteiger partial charge in [0.1, 0.15) is 18.1 Å². The van der Waals surface area contributed by atoms with Gasteiger partial charge in [0.15, 0.2) is 12.4 Å². The van der Waals surface area contributed by atoms with E-state index in [-0.39, 0.29) is 31.4 Å². The number of carbonyl (C=O) groups excluding carboxylic acids is 6. The van der Waals surface area contributed by atoms with Gasteiger partial charge in [0, 0.05) is 13.0 Å². The highest BCUT2D eigenvalue weighted by Gasteiger charge is 2.45. The van der Waals surface area contributed by atoms with E-state index in [9.17, 15) is 38.7 Å². The van der Waals surface area contributed by atoms with E-state index in [0.29, 0.717) is 11.8 Å². The second kappa shape index (κ2) is 13.1. The number of aliphatic carboxylic acids is 1. The first kappa shape index (κ1) is 30.0. The second-order valence-corrected chi connectivity index (χ2v) is 9.81. The van der Waals surface area contributed by atoms with E-state index in [4.69, 9.17) is 4.74 Å². The average Bonchev–Trinajstić information content (AvgIpc) is 3.10. The molecule has 0 spiro atoms. The number of benzene rings is 2. The van der Waals surface area contributed by atoms with Gasteiger partial charge in [-0.1, -0.05) is 36.4 Å². The van der Waals surface area contributed by atoms with Crippen LogP contribution >= 0.6 is 0 Å². The smallest absolute Gasteiger partial charge is 0.407 e. The number of alkyl carbamates (subject to hydrolysis) is 1. The van der Waals surface area contributed by atoms with Gasteiger partial charge in [-0.2, -0.15) is 0 Å². The lowest BCUT2D eigenvalue weighted by Gasteiger charge is -2.43. The van der Waals surface area contributed by atoms with E-state index < -0.39 is 72.7 Å². The Morgan fingerprint density at radius 2 is 1.79 bits per heavy atom. The molecule has 2 aliphatic rings. The van der Waals surface area contributed by atoms with Crippen LogP contribution in [0.5, 0.6) is 0 Å². The maximum Gasteiger partial charge on any atom is 0.407 e. The van der Waals surface area contributed by atoms with Gasteiger partial charge >= 0.3 is 18.0 Å². The first-order valence-corrected chi connectivity index (χ1v) is 13.3. The molecule has 222 valence electrons. The number of ether oxygens (including phenoxy) is 2. The van der Waals surface area contributed by atoms with Gasteiger partial charge in [-0.3, -0.25) is 29.0 Å². The highest BCUT2D eigenvalue weighted by Crippen LogP contribution is 2.25. The zero-order valence-corrected chi connectivity index (χ0v) is 22.7. The molecular formula is C28H30N4O10. The van der Waals surface area contributed by atoms with Crippen molar-refractivity contribution in [3.05, 3.63) is 48.0 Å². The maximum absolute atomic E-state index is 13.4. The van der Waals surface area contributed by atoms with Crippen molar-refractivity contribution in [1.82, 2.24) is 20.7 Å². The van der Waals surface area contributed by atoms with Gasteiger partial charge in [0.2, 0.25) is 11.8 Å². The molecule has 0 aromatic heterocycles. The third kappa shape index (κ3) is 6.65. The summed E-state index contributed by atoms with van der Waals surface area (Å²) in [6.07, 6.45) is -1.34. The third-order valence-electron chi connectivity index (χ3n) is 7.08. The summed E-state index contributed by atoms with van der Waals surface area (Å²) in [5.74, 6) is -5.12. The number of carboxylic acid groups (broad SMARTS) is 1. The quantitative estimate of drug-likeness (QED) is 0.356. The van der Waals surface area contributed by atoms with Crippen LogP contribution in [0.15, 0.2) is 42.5 Å². The van der Waals surface area contributed by atoms with Crippen molar-refractivity contribution in [3.63, 3.8) is 0 Å². The van der Waals surface area contributed by atoms with Crippen molar-refractivity contribution in [1.29, 1.82) is 0 Å². The van der Waals surface area contributed by atoms with E-state index in [0.717, 1.165) is 22.5 Å². The van der Waals surface area contributed by atoms with Crippen LogP contribution in [-0.2, 0) is 33.4 Å². The molecule has 3 N–H and O–H groups in total. The lowest BCUT2D eigenvalue weighted by Crippen LogP contribution is -2.64. The van der Waals surface area contributed by atoms with Crippen LogP contribution in [0.2, 0.25) is 0 Å². The first-order valence-electron chi connectivity index (χ1n) is 13.3. The lowest BCUT2D eigenvalue weighted by atomic mass is 10.0. The monoisotopic (exact) mass is 582 g/mol. The Labute approximate surface area is 239 Å². The fourth-order valence-corrected chi connectivity index (χ4v) is 5.01. The molecule has 0 aliphatic carbocycles. The highest BCUT2D eigenvalue weighted by molar-refractivity contribution is 6.05. The number of hydrogen-bond acceptors (Lipinski definition) is 9. The number of nitrogens with one attached hydrogen (secondary N) is 2. The number of carbonyl (C=O) groups is 7. The summed E-state index contributed by atoms with van der Waals surface area (Å²) in [6.45, 7) is -0.662. The molecule has 14 nitrogen and oxygen atoms in total. The zero-order chi connectivity index (χ0) is 30.4. The number of fused-ring (bicyclic) bond motifs is 2. The molecule has 0 saturated carbocycles. The molecule has 2 aromatic rings. The fourth-order valence-electron chi connectivity index (χ4n) is 5.01. The molecule has 1 unspecified atom stereocenters. The highest BCUT2D eigenvalue weighted by atomic mass is 16.5. The number of amides is 4. The Morgan fingerprint density at radius 1 is 1.05 bits per heavy atom. The minimum atomic E-state index is -1.59. The van der Waals surface area contributed by atoms with Crippen molar-refractivity contribution in [3.8, 4) is 0 Å². The van der Waals surface area contributed by atoms with Crippen LogP contribution in [0.1, 0.15) is 42.5 Å². The second-order valence-electron chi connectivity index (χ2n) is 9.81.